The first-order valence-electron chi connectivity index (χ1n) is 14.2. The Kier molecular flexibility index (Phi) is 6.94. The average molecular weight is 530 g/mol. The van der Waals surface area contributed by atoms with Crippen LogP contribution in [-0.4, -0.2) is 44.1 Å². The Morgan fingerprint density at radius 1 is 0.875 bits per heavy atom. The molecular formula is C35H35N3O2. The third kappa shape index (κ3) is 4.38. The molecule has 0 N–H and O–H groups in total. The van der Waals surface area contributed by atoms with Crippen molar-refractivity contribution < 1.29 is 9.53 Å². The maximum atomic E-state index is 14.4. The molecule has 2 unspecified atom stereocenters. The molecule has 1 aliphatic heterocycles. The molecule has 5 heteroatoms. The molecule has 0 saturated carbocycles. The van der Waals surface area contributed by atoms with E-state index in [1.165, 1.54) is 23.2 Å². The molecule has 6 rings (SSSR count). The van der Waals surface area contributed by atoms with E-state index in [1.807, 2.05) is 54.3 Å². The van der Waals surface area contributed by atoms with Crippen LogP contribution in [0.3, 0.4) is 0 Å². The average Bonchev–Trinajstić information content (AvgIpc) is 3.50. The number of hydrogen-bond acceptors (Lipinski definition) is 4. The number of piperazine rings is 1. The summed E-state index contributed by atoms with van der Waals surface area (Å²) in [6, 6.07) is 31.2. The highest BCUT2D eigenvalue weighted by Crippen LogP contribution is 2.47. The third-order valence-corrected chi connectivity index (χ3v) is 8.87. The molecule has 0 bridgehead atoms. The van der Waals surface area contributed by atoms with Gasteiger partial charge in [-0.1, -0.05) is 72.8 Å². The van der Waals surface area contributed by atoms with E-state index in [2.05, 4.69) is 53.4 Å². The van der Waals surface area contributed by atoms with Gasteiger partial charge in [0.15, 0.2) is 0 Å². The molecule has 0 spiro atoms. The van der Waals surface area contributed by atoms with Gasteiger partial charge in [0.1, 0.15) is 11.2 Å². The van der Waals surface area contributed by atoms with Gasteiger partial charge in [0.05, 0.1) is 13.2 Å². The van der Waals surface area contributed by atoms with E-state index >= 15 is 0 Å². The van der Waals surface area contributed by atoms with Crippen LogP contribution < -0.4 is 9.64 Å². The minimum absolute atomic E-state index is 0.128. The number of hydrogen-bond donors (Lipinski definition) is 0. The highest BCUT2D eigenvalue weighted by molar-refractivity contribution is 5.91. The van der Waals surface area contributed by atoms with Crippen LogP contribution in [0.2, 0.25) is 0 Å². The maximum absolute atomic E-state index is 14.4. The lowest BCUT2D eigenvalue weighted by molar-refractivity contribution is -0.139. The summed E-state index contributed by atoms with van der Waals surface area (Å²) >= 11 is 0. The van der Waals surface area contributed by atoms with E-state index in [0.29, 0.717) is 18.8 Å². The van der Waals surface area contributed by atoms with E-state index < -0.39 is 11.3 Å². The molecule has 0 radical (unpaired) electrons. The number of aryl methyl sites for hydroxylation is 1. The predicted octanol–water partition coefficient (Wildman–Crippen LogP) is 6.35. The van der Waals surface area contributed by atoms with E-state index in [1.54, 1.807) is 7.11 Å². The van der Waals surface area contributed by atoms with Crippen molar-refractivity contribution >= 4 is 22.4 Å². The fraction of sp³-hybridized carbons (Fsp3) is 0.314. The first-order chi connectivity index (χ1) is 19.5. The van der Waals surface area contributed by atoms with Crippen molar-refractivity contribution in [3.63, 3.8) is 0 Å². The van der Waals surface area contributed by atoms with Gasteiger partial charge in [0.25, 0.3) is 0 Å². The molecule has 202 valence electrons. The normalized spacial score (nSPS) is 17.1. The van der Waals surface area contributed by atoms with Crippen LogP contribution in [0.5, 0.6) is 5.75 Å². The van der Waals surface area contributed by atoms with Crippen LogP contribution in [0.15, 0.2) is 84.9 Å². The number of benzene rings is 4. The first-order valence-corrected chi connectivity index (χ1v) is 14.2. The summed E-state index contributed by atoms with van der Waals surface area (Å²) in [6.45, 7) is 4.52. The number of nitriles is 1. The van der Waals surface area contributed by atoms with Gasteiger partial charge in [-0.15, -0.1) is 0 Å². The van der Waals surface area contributed by atoms with Crippen molar-refractivity contribution in [3.05, 3.63) is 107 Å². The van der Waals surface area contributed by atoms with Crippen molar-refractivity contribution in [2.75, 3.05) is 38.2 Å². The fourth-order valence-electron chi connectivity index (χ4n) is 6.81. The lowest BCUT2D eigenvalue weighted by atomic mass is 9.68. The van der Waals surface area contributed by atoms with Gasteiger partial charge in [-0.3, -0.25) is 4.79 Å². The van der Waals surface area contributed by atoms with Crippen molar-refractivity contribution in [1.82, 2.24) is 4.90 Å². The molecule has 2 aliphatic rings. The van der Waals surface area contributed by atoms with Gasteiger partial charge in [-0.05, 0) is 65.8 Å². The minimum atomic E-state index is -1.34. The van der Waals surface area contributed by atoms with Crippen molar-refractivity contribution in [2.24, 2.45) is 5.41 Å². The number of amides is 1. The maximum Gasteiger partial charge on any atom is 0.243 e. The number of nitrogens with zero attached hydrogens (tertiary/aromatic N) is 3. The van der Waals surface area contributed by atoms with Gasteiger partial charge in [-0.2, -0.15) is 5.26 Å². The quantitative estimate of drug-likeness (QED) is 0.292. The molecule has 40 heavy (non-hydrogen) atoms. The van der Waals surface area contributed by atoms with E-state index in [4.69, 9.17) is 4.74 Å². The SMILES string of the molecule is COc1ccccc1C(c1cccc2ccccc12)C(C)(C#N)C(=O)N1CCN(c2cccc3c2CCC3)CC1. The number of fused-ring (bicyclic) bond motifs is 2. The zero-order valence-corrected chi connectivity index (χ0v) is 23.3. The van der Waals surface area contributed by atoms with Gasteiger partial charge < -0.3 is 14.5 Å². The summed E-state index contributed by atoms with van der Waals surface area (Å²) in [7, 11) is 1.64. The molecular weight excluding hydrogens is 494 g/mol. The van der Waals surface area contributed by atoms with Crippen molar-refractivity contribution in [3.8, 4) is 11.8 Å². The lowest BCUT2D eigenvalue weighted by Gasteiger charge is -2.41. The fourth-order valence-corrected chi connectivity index (χ4v) is 6.81. The summed E-state index contributed by atoms with van der Waals surface area (Å²) in [5.74, 6) is 0.0388. The summed E-state index contributed by atoms with van der Waals surface area (Å²) < 4.78 is 5.78. The number of ether oxygens (including phenoxy) is 1. The molecule has 1 aliphatic carbocycles. The van der Waals surface area contributed by atoms with Gasteiger partial charge in [-0.25, -0.2) is 0 Å². The number of anilines is 1. The Morgan fingerprint density at radius 2 is 1.57 bits per heavy atom. The Morgan fingerprint density at radius 3 is 2.38 bits per heavy atom. The summed E-state index contributed by atoms with van der Waals surface area (Å²) in [4.78, 5) is 18.8. The molecule has 1 fully saturated rings. The molecule has 1 amide bonds. The Labute approximate surface area is 236 Å². The van der Waals surface area contributed by atoms with Crippen LogP contribution >= 0.6 is 0 Å². The third-order valence-electron chi connectivity index (χ3n) is 8.87. The largest absolute Gasteiger partial charge is 0.496 e. The zero-order chi connectivity index (χ0) is 27.7. The molecule has 0 aromatic heterocycles. The second kappa shape index (κ2) is 10.7. The minimum Gasteiger partial charge on any atom is -0.496 e. The molecule has 4 aromatic carbocycles. The second-order valence-corrected chi connectivity index (χ2v) is 11.1. The summed E-state index contributed by atoms with van der Waals surface area (Å²) in [5.41, 5.74) is 4.71. The molecule has 1 heterocycles. The Hall–Kier alpha value is -4.30. The van der Waals surface area contributed by atoms with E-state index in [0.717, 1.165) is 47.8 Å². The number of methoxy groups -OCH3 is 1. The smallest absolute Gasteiger partial charge is 0.243 e. The highest BCUT2D eigenvalue weighted by Gasteiger charge is 2.47. The van der Waals surface area contributed by atoms with E-state index in [9.17, 15) is 10.1 Å². The topological polar surface area (TPSA) is 56.6 Å². The van der Waals surface area contributed by atoms with Crippen LogP contribution in [0.4, 0.5) is 5.69 Å². The zero-order valence-electron chi connectivity index (χ0n) is 23.3. The number of para-hydroxylation sites is 1. The second-order valence-electron chi connectivity index (χ2n) is 11.1. The van der Waals surface area contributed by atoms with Gasteiger partial charge >= 0.3 is 0 Å². The predicted molar refractivity (Wildman–Crippen MR) is 160 cm³/mol. The van der Waals surface area contributed by atoms with Gasteiger partial charge in [0.2, 0.25) is 5.91 Å². The van der Waals surface area contributed by atoms with Crippen LogP contribution in [0.1, 0.15) is 41.5 Å². The van der Waals surface area contributed by atoms with Gasteiger partial charge in [0, 0.05) is 43.3 Å². The Balaban J connectivity index is 1.36. The Bertz CT molecular complexity index is 1590. The lowest BCUT2D eigenvalue weighted by Crippen LogP contribution is -2.54. The molecule has 2 atom stereocenters. The van der Waals surface area contributed by atoms with Crippen LogP contribution in [0.25, 0.3) is 10.8 Å². The molecule has 5 nitrogen and oxygen atoms in total. The number of carbonyl (C=O) groups is 1. The first kappa shape index (κ1) is 26.0. The highest BCUT2D eigenvalue weighted by atomic mass is 16.5. The summed E-state index contributed by atoms with van der Waals surface area (Å²) in [6.07, 6.45) is 3.49. The standard InChI is InChI=1S/C35H35N3O2/c1-35(24-36,34(39)38-22-20-37(21-23-38)31-18-9-13-26-12-7-16-28(26)31)33(30-15-5-6-19-32(30)40-2)29-17-8-11-25-10-3-4-14-27(25)29/h3-6,8-11,13-15,17-19,33H,7,12,16,20-23H2,1-2H3. The number of rotatable bonds is 6. The number of carbonyl (C=O) groups excluding carboxylic acids is 1. The summed E-state index contributed by atoms with van der Waals surface area (Å²) in [5, 5.41) is 12.9. The van der Waals surface area contributed by atoms with Crippen LogP contribution in [-0.2, 0) is 17.6 Å². The van der Waals surface area contributed by atoms with E-state index in [-0.39, 0.29) is 5.91 Å². The monoisotopic (exact) mass is 529 g/mol. The van der Waals surface area contributed by atoms with Crippen LogP contribution in [0, 0.1) is 16.7 Å². The van der Waals surface area contributed by atoms with Crippen molar-refractivity contribution in [1.29, 1.82) is 5.26 Å². The van der Waals surface area contributed by atoms with Crippen molar-refractivity contribution in [2.45, 2.75) is 32.1 Å². The molecule has 1 saturated heterocycles. The molecule has 4 aromatic rings.